The minimum atomic E-state index is -4.64. The molecule has 0 radical (unpaired) electrons. The molecule has 2 saturated heterocycles. The van der Waals surface area contributed by atoms with Crippen molar-refractivity contribution < 1.29 is 22.9 Å². The number of rotatable bonds is 4. The maximum absolute atomic E-state index is 12.9. The molecule has 1 aromatic rings. The number of nitro groups is 1. The normalized spacial score (nSPS) is 21.3. The second kappa shape index (κ2) is 8.56. The maximum atomic E-state index is 12.9. The zero-order valence-electron chi connectivity index (χ0n) is 16.3. The SMILES string of the molecule is C[C@@H]1CCCN(CC(=O)N2CCN(c3ccc(C(F)(F)F)cc3[N+](=O)[O-])CC2)C1. The van der Waals surface area contributed by atoms with Crippen LogP contribution in [0.5, 0.6) is 0 Å². The molecule has 0 unspecified atom stereocenters. The number of piperidine rings is 1. The van der Waals surface area contributed by atoms with Crippen LogP contribution in [-0.4, -0.2) is 66.4 Å². The smallest absolute Gasteiger partial charge is 0.362 e. The molecule has 1 amide bonds. The molecule has 10 heteroatoms. The fourth-order valence-electron chi connectivity index (χ4n) is 4.03. The largest absolute Gasteiger partial charge is 0.416 e. The lowest BCUT2D eigenvalue weighted by Crippen LogP contribution is -2.52. The number of carbonyl (C=O) groups is 1. The highest BCUT2D eigenvalue weighted by molar-refractivity contribution is 5.78. The Morgan fingerprint density at radius 1 is 1.21 bits per heavy atom. The van der Waals surface area contributed by atoms with E-state index >= 15 is 0 Å². The number of halogens is 3. The van der Waals surface area contributed by atoms with Crippen molar-refractivity contribution >= 4 is 17.3 Å². The fourth-order valence-corrected chi connectivity index (χ4v) is 4.03. The van der Waals surface area contributed by atoms with E-state index in [4.69, 9.17) is 0 Å². The van der Waals surface area contributed by atoms with Gasteiger partial charge in [0.15, 0.2) is 0 Å². The van der Waals surface area contributed by atoms with Crippen molar-refractivity contribution in [2.24, 2.45) is 5.92 Å². The molecule has 0 aromatic heterocycles. The number of anilines is 1. The third-order valence-corrected chi connectivity index (χ3v) is 5.57. The zero-order chi connectivity index (χ0) is 21.2. The van der Waals surface area contributed by atoms with E-state index < -0.39 is 22.4 Å². The van der Waals surface area contributed by atoms with Gasteiger partial charge in [0.1, 0.15) is 5.69 Å². The van der Waals surface area contributed by atoms with Crippen molar-refractivity contribution in [2.75, 3.05) is 50.7 Å². The highest BCUT2D eigenvalue weighted by Gasteiger charge is 2.34. The van der Waals surface area contributed by atoms with Crippen LogP contribution in [0.25, 0.3) is 0 Å². The van der Waals surface area contributed by atoms with Gasteiger partial charge in [-0.05, 0) is 37.4 Å². The molecule has 0 spiro atoms. The van der Waals surface area contributed by atoms with E-state index in [1.54, 1.807) is 9.80 Å². The number of likely N-dealkylation sites (tertiary alicyclic amines) is 1. The summed E-state index contributed by atoms with van der Waals surface area (Å²) in [5.41, 5.74) is -1.46. The Hall–Kier alpha value is -2.36. The summed E-state index contributed by atoms with van der Waals surface area (Å²) in [7, 11) is 0. The maximum Gasteiger partial charge on any atom is 0.416 e. The van der Waals surface area contributed by atoms with Gasteiger partial charge in [0, 0.05) is 38.8 Å². The number of alkyl halides is 3. The third-order valence-electron chi connectivity index (χ3n) is 5.57. The summed E-state index contributed by atoms with van der Waals surface area (Å²) in [6.07, 6.45) is -2.38. The molecule has 160 valence electrons. The van der Waals surface area contributed by atoms with E-state index in [0.29, 0.717) is 44.7 Å². The average molecular weight is 414 g/mol. The molecule has 0 saturated carbocycles. The number of carbonyl (C=O) groups excluding carboxylic acids is 1. The fraction of sp³-hybridized carbons (Fsp3) is 0.632. The molecule has 2 fully saturated rings. The Morgan fingerprint density at radius 2 is 1.90 bits per heavy atom. The Balaban J connectivity index is 1.63. The lowest BCUT2D eigenvalue weighted by Gasteiger charge is -2.37. The molecule has 3 rings (SSSR count). The Labute approximate surface area is 167 Å². The first-order valence-corrected chi connectivity index (χ1v) is 9.76. The van der Waals surface area contributed by atoms with E-state index in [0.717, 1.165) is 31.6 Å². The summed E-state index contributed by atoms with van der Waals surface area (Å²) >= 11 is 0. The van der Waals surface area contributed by atoms with Crippen LogP contribution < -0.4 is 4.90 Å². The zero-order valence-corrected chi connectivity index (χ0v) is 16.3. The van der Waals surface area contributed by atoms with E-state index in [1.807, 2.05) is 0 Å². The molecule has 0 aliphatic carbocycles. The van der Waals surface area contributed by atoms with Gasteiger partial charge in [0.2, 0.25) is 5.91 Å². The van der Waals surface area contributed by atoms with Crippen molar-refractivity contribution in [3.05, 3.63) is 33.9 Å². The molecule has 2 aliphatic rings. The predicted molar refractivity (Wildman–Crippen MR) is 102 cm³/mol. The minimum Gasteiger partial charge on any atom is -0.362 e. The third kappa shape index (κ3) is 5.17. The van der Waals surface area contributed by atoms with Gasteiger partial charge in [0.05, 0.1) is 17.0 Å². The van der Waals surface area contributed by atoms with Crippen molar-refractivity contribution in [3.8, 4) is 0 Å². The van der Waals surface area contributed by atoms with Crippen LogP contribution in [0, 0.1) is 16.0 Å². The quantitative estimate of drug-likeness (QED) is 0.560. The second-order valence-electron chi connectivity index (χ2n) is 7.81. The summed E-state index contributed by atoms with van der Waals surface area (Å²) in [4.78, 5) is 28.6. The molecule has 1 aromatic carbocycles. The van der Waals surface area contributed by atoms with E-state index in [-0.39, 0.29) is 11.6 Å². The number of hydrogen-bond acceptors (Lipinski definition) is 5. The number of benzene rings is 1. The van der Waals surface area contributed by atoms with Crippen molar-refractivity contribution in [1.29, 1.82) is 0 Å². The van der Waals surface area contributed by atoms with Gasteiger partial charge in [-0.25, -0.2) is 0 Å². The molecule has 7 nitrogen and oxygen atoms in total. The van der Waals surface area contributed by atoms with Gasteiger partial charge in [-0.15, -0.1) is 0 Å². The summed E-state index contributed by atoms with van der Waals surface area (Å²) in [5, 5.41) is 11.3. The van der Waals surface area contributed by atoms with Crippen LogP contribution in [0.3, 0.4) is 0 Å². The first-order valence-electron chi connectivity index (χ1n) is 9.76. The van der Waals surface area contributed by atoms with Crippen LogP contribution in [0.4, 0.5) is 24.5 Å². The molecular formula is C19H25F3N4O3. The van der Waals surface area contributed by atoms with Gasteiger partial charge in [-0.1, -0.05) is 6.92 Å². The summed E-state index contributed by atoms with van der Waals surface area (Å²) in [6.45, 7) is 5.82. The van der Waals surface area contributed by atoms with Crippen molar-refractivity contribution in [2.45, 2.75) is 25.9 Å². The Bertz CT molecular complexity index is 764. The van der Waals surface area contributed by atoms with E-state index in [1.165, 1.54) is 6.42 Å². The lowest BCUT2D eigenvalue weighted by molar-refractivity contribution is -0.384. The van der Waals surface area contributed by atoms with Gasteiger partial charge >= 0.3 is 6.18 Å². The van der Waals surface area contributed by atoms with Gasteiger partial charge in [-0.2, -0.15) is 13.2 Å². The summed E-state index contributed by atoms with van der Waals surface area (Å²) in [5.74, 6) is 0.606. The summed E-state index contributed by atoms with van der Waals surface area (Å²) < 4.78 is 38.6. The van der Waals surface area contributed by atoms with Crippen molar-refractivity contribution in [3.63, 3.8) is 0 Å². The van der Waals surface area contributed by atoms with Crippen LogP contribution >= 0.6 is 0 Å². The Kier molecular flexibility index (Phi) is 6.30. The van der Waals surface area contributed by atoms with Gasteiger partial charge in [0.25, 0.3) is 5.69 Å². The number of hydrogen-bond donors (Lipinski definition) is 0. The topological polar surface area (TPSA) is 69.9 Å². The number of amides is 1. The molecule has 0 N–H and O–H groups in total. The molecular weight excluding hydrogens is 389 g/mol. The molecule has 29 heavy (non-hydrogen) atoms. The number of piperazine rings is 1. The van der Waals surface area contributed by atoms with Crippen LogP contribution in [0.2, 0.25) is 0 Å². The summed E-state index contributed by atoms with van der Waals surface area (Å²) in [6, 6.07) is 2.58. The minimum absolute atomic E-state index is 0.0284. The molecule has 1 atom stereocenters. The number of nitrogens with zero attached hydrogens (tertiary/aromatic N) is 4. The molecule has 0 bridgehead atoms. The molecule has 2 heterocycles. The number of nitro benzene ring substituents is 1. The predicted octanol–water partition coefficient (Wildman–Crippen LogP) is 2.99. The van der Waals surface area contributed by atoms with Crippen LogP contribution in [0.15, 0.2) is 18.2 Å². The van der Waals surface area contributed by atoms with E-state index in [2.05, 4.69) is 11.8 Å². The van der Waals surface area contributed by atoms with Gasteiger partial charge < -0.3 is 9.80 Å². The van der Waals surface area contributed by atoms with Gasteiger partial charge in [-0.3, -0.25) is 19.8 Å². The van der Waals surface area contributed by atoms with E-state index in [9.17, 15) is 28.1 Å². The van der Waals surface area contributed by atoms with Crippen LogP contribution in [0.1, 0.15) is 25.3 Å². The highest BCUT2D eigenvalue weighted by Crippen LogP contribution is 2.36. The monoisotopic (exact) mass is 414 g/mol. The standard InChI is InChI=1S/C19H25F3N4O3/c1-14-3-2-6-23(12-14)13-18(27)25-9-7-24(8-10-25)16-5-4-15(19(20,21)22)11-17(16)26(28)29/h4-5,11,14H,2-3,6-10,12-13H2,1H3/t14-/m1/s1. The first-order chi connectivity index (χ1) is 13.6. The highest BCUT2D eigenvalue weighted by atomic mass is 19.4. The second-order valence-corrected chi connectivity index (χ2v) is 7.81. The van der Waals surface area contributed by atoms with Crippen LogP contribution in [-0.2, 0) is 11.0 Å². The van der Waals surface area contributed by atoms with Crippen molar-refractivity contribution in [1.82, 2.24) is 9.80 Å². The molecule has 2 aliphatic heterocycles. The lowest BCUT2D eigenvalue weighted by atomic mass is 10.0. The first kappa shape index (κ1) is 21.4. The Morgan fingerprint density at radius 3 is 2.48 bits per heavy atom. The average Bonchev–Trinajstić information content (AvgIpc) is 2.67.